The van der Waals surface area contributed by atoms with Crippen molar-refractivity contribution in [2.45, 2.75) is 37.5 Å². The third-order valence-electron chi connectivity index (χ3n) is 6.67. The van der Waals surface area contributed by atoms with E-state index in [0.717, 1.165) is 10.8 Å². The van der Waals surface area contributed by atoms with Gasteiger partial charge < -0.3 is 31.5 Å². The highest BCUT2D eigenvalue weighted by atomic mass is 32.2. The van der Waals surface area contributed by atoms with Gasteiger partial charge >= 0.3 is 12.1 Å². The zero-order valence-electron chi connectivity index (χ0n) is 25.7. The molecule has 4 aromatic rings. The number of methoxy groups -OCH3 is 1. The van der Waals surface area contributed by atoms with E-state index in [-0.39, 0.29) is 34.2 Å². The molecule has 0 bridgehead atoms. The molecule has 1 aromatic heterocycles. The summed E-state index contributed by atoms with van der Waals surface area (Å²) in [4.78, 5) is 38.2. The lowest BCUT2D eigenvalue weighted by molar-refractivity contribution is -0.192. The number of hydrogen-bond acceptors (Lipinski definition) is 9. The van der Waals surface area contributed by atoms with Gasteiger partial charge in [0.05, 0.1) is 17.8 Å². The summed E-state index contributed by atoms with van der Waals surface area (Å²) in [5.41, 5.74) is 7.12. The van der Waals surface area contributed by atoms with Crippen molar-refractivity contribution in [3.05, 3.63) is 83.8 Å². The molecule has 0 aliphatic carbocycles. The Kier molecular flexibility index (Phi) is 11.9. The minimum absolute atomic E-state index is 0.0181. The SMILES string of the molecule is CCS(=O)(=O)c1ccc(NC(C)=O)cc1CNC(=O)C(Nc1ccc2c(N)nccc2c1)c1cc(OC)ccc1F.O=C(O)C(F)(F)F. The predicted molar refractivity (Wildman–Crippen MR) is 169 cm³/mol. The van der Waals surface area contributed by atoms with E-state index in [1.54, 1.807) is 30.5 Å². The van der Waals surface area contributed by atoms with Gasteiger partial charge in [0, 0.05) is 42.0 Å². The number of pyridine rings is 1. The van der Waals surface area contributed by atoms with Crippen LogP contribution in [-0.2, 0) is 30.8 Å². The van der Waals surface area contributed by atoms with Crippen LogP contribution in [0.3, 0.4) is 0 Å². The van der Waals surface area contributed by atoms with Gasteiger partial charge in [0.25, 0.3) is 0 Å². The van der Waals surface area contributed by atoms with E-state index < -0.39 is 39.7 Å². The number of carboxylic acids is 1. The Balaban J connectivity index is 0.000000804. The molecular weight excluding hydrogens is 662 g/mol. The van der Waals surface area contributed by atoms with Crippen LogP contribution >= 0.6 is 0 Å². The van der Waals surface area contributed by atoms with Gasteiger partial charge in [-0.15, -0.1) is 0 Å². The summed E-state index contributed by atoms with van der Waals surface area (Å²) in [6, 6.07) is 14.1. The third kappa shape index (κ3) is 9.54. The molecule has 12 nitrogen and oxygen atoms in total. The van der Waals surface area contributed by atoms with Crippen LogP contribution in [0.2, 0.25) is 0 Å². The molecule has 2 amide bonds. The molecule has 256 valence electrons. The number of nitrogens with two attached hydrogens (primary N) is 1. The molecule has 48 heavy (non-hydrogen) atoms. The molecule has 1 unspecified atom stereocenters. The number of nitrogen functional groups attached to an aromatic ring is 1. The lowest BCUT2D eigenvalue weighted by atomic mass is 10.0. The fourth-order valence-corrected chi connectivity index (χ4v) is 5.47. The first-order valence-corrected chi connectivity index (χ1v) is 15.6. The molecule has 17 heteroatoms. The second kappa shape index (κ2) is 15.4. The number of sulfone groups is 1. The molecule has 6 N–H and O–H groups in total. The maximum Gasteiger partial charge on any atom is 0.490 e. The molecule has 0 aliphatic heterocycles. The summed E-state index contributed by atoms with van der Waals surface area (Å²) in [6.45, 7) is 2.64. The Morgan fingerprint density at radius 2 is 1.69 bits per heavy atom. The number of aliphatic carboxylic acids is 1. The number of halogens is 4. The smallest absolute Gasteiger partial charge is 0.490 e. The number of rotatable bonds is 10. The number of nitrogens with zero attached hydrogens (tertiary/aromatic N) is 1. The molecule has 3 aromatic carbocycles. The molecule has 0 aliphatic rings. The number of carbonyl (C=O) groups is 3. The first-order chi connectivity index (χ1) is 22.5. The number of aromatic nitrogens is 1. The Hall–Kier alpha value is -5.45. The third-order valence-corrected chi connectivity index (χ3v) is 8.50. The number of nitrogens with one attached hydrogen (secondary N) is 3. The summed E-state index contributed by atoms with van der Waals surface area (Å²) in [5, 5.41) is 17.0. The molecule has 0 saturated heterocycles. The van der Waals surface area contributed by atoms with Gasteiger partial charge in [0.1, 0.15) is 23.4 Å². The highest BCUT2D eigenvalue weighted by Gasteiger charge is 2.38. The molecule has 0 spiro atoms. The molecule has 1 heterocycles. The van der Waals surface area contributed by atoms with Crippen molar-refractivity contribution >= 4 is 55.6 Å². The number of fused-ring (bicyclic) bond motifs is 1. The monoisotopic (exact) mass is 693 g/mol. The first kappa shape index (κ1) is 37.0. The van der Waals surface area contributed by atoms with Crippen molar-refractivity contribution in [2.75, 3.05) is 29.2 Å². The number of alkyl halides is 3. The summed E-state index contributed by atoms with van der Waals surface area (Å²) in [7, 11) is -2.22. The number of carboxylic acid groups (broad SMARTS) is 1. The van der Waals surface area contributed by atoms with E-state index in [1.807, 2.05) is 0 Å². The van der Waals surface area contributed by atoms with Crippen molar-refractivity contribution in [2.24, 2.45) is 0 Å². The zero-order valence-corrected chi connectivity index (χ0v) is 26.5. The molecule has 4 rings (SSSR count). The average molecular weight is 694 g/mol. The van der Waals surface area contributed by atoms with Crippen molar-refractivity contribution in [3.8, 4) is 5.75 Å². The Labute approximate surface area is 272 Å². The molecule has 0 saturated carbocycles. The van der Waals surface area contributed by atoms with Crippen LogP contribution in [-0.4, -0.2) is 55.3 Å². The van der Waals surface area contributed by atoms with Gasteiger partial charge in [0.2, 0.25) is 11.8 Å². The Bertz CT molecular complexity index is 1940. The molecule has 1 atom stereocenters. The van der Waals surface area contributed by atoms with E-state index in [9.17, 15) is 31.2 Å². The molecule has 0 radical (unpaired) electrons. The number of anilines is 3. The standard InChI is InChI=1S/C29H30FN5O5S.C2HF3O2/c1-4-41(38,39)26-10-6-20(34-17(2)36)14-19(26)16-33-29(37)27(24-15-22(40-3)7-9-25(24)30)35-21-5-8-23-18(13-21)11-12-32-28(23)31;3-2(4,5)1(6)7/h5-15,27,35H,4,16H2,1-3H3,(H2,31,32)(H,33,37)(H,34,36);(H,6,7). The maximum atomic E-state index is 15.1. The Morgan fingerprint density at radius 3 is 2.29 bits per heavy atom. The lowest BCUT2D eigenvalue weighted by Gasteiger charge is -2.22. The zero-order chi connectivity index (χ0) is 35.8. The first-order valence-electron chi connectivity index (χ1n) is 13.9. The fourth-order valence-electron chi connectivity index (χ4n) is 4.35. The van der Waals surface area contributed by atoms with E-state index in [1.165, 1.54) is 57.4 Å². The predicted octanol–water partition coefficient (Wildman–Crippen LogP) is 4.82. The van der Waals surface area contributed by atoms with Gasteiger partial charge in [-0.25, -0.2) is 22.6 Å². The Morgan fingerprint density at radius 1 is 1.02 bits per heavy atom. The summed E-state index contributed by atoms with van der Waals surface area (Å²) in [5.74, 6) is -3.83. The number of carbonyl (C=O) groups excluding carboxylic acids is 2. The highest BCUT2D eigenvalue weighted by molar-refractivity contribution is 7.91. The maximum absolute atomic E-state index is 15.1. The van der Waals surface area contributed by atoms with Crippen molar-refractivity contribution in [1.82, 2.24) is 10.3 Å². The minimum atomic E-state index is -5.08. The topological polar surface area (TPSA) is 190 Å². The van der Waals surface area contributed by atoms with Gasteiger partial charge in [-0.05, 0) is 71.6 Å². The number of ether oxygens (including phenoxy) is 1. The quantitative estimate of drug-likeness (QED) is 0.144. The summed E-state index contributed by atoms with van der Waals surface area (Å²) >= 11 is 0. The average Bonchev–Trinajstić information content (AvgIpc) is 3.02. The molecule has 0 fully saturated rings. The molecular formula is C31H31F4N5O7S. The van der Waals surface area contributed by atoms with Crippen LogP contribution in [0.1, 0.15) is 31.0 Å². The van der Waals surface area contributed by atoms with E-state index in [0.29, 0.717) is 22.9 Å². The lowest BCUT2D eigenvalue weighted by Crippen LogP contribution is -2.34. The van der Waals surface area contributed by atoms with E-state index in [4.69, 9.17) is 20.4 Å². The summed E-state index contributed by atoms with van der Waals surface area (Å²) < 4.78 is 77.6. The number of hydrogen-bond donors (Lipinski definition) is 5. The van der Waals surface area contributed by atoms with Gasteiger partial charge in [-0.2, -0.15) is 13.2 Å². The van der Waals surface area contributed by atoms with E-state index in [2.05, 4.69) is 20.9 Å². The number of benzene rings is 3. The van der Waals surface area contributed by atoms with Gasteiger partial charge in [-0.1, -0.05) is 6.92 Å². The van der Waals surface area contributed by atoms with Crippen molar-refractivity contribution in [1.29, 1.82) is 0 Å². The fraction of sp³-hybridized carbons (Fsp3) is 0.226. The van der Waals surface area contributed by atoms with E-state index >= 15 is 4.39 Å². The minimum Gasteiger partial charge on any atom is -0.497 e. The van der Waals surface area contributed by atoms with Crippen LogP contribution in [0.25, 0.3) is 10.8 Å². The summed E-state index contributed by atoms with van der Waals surface area (Å²) in [6.07, 6.45) is -3.52. The highest BCUT2D eigenvalue weighted by Crippen LogP contribution is 2.29. The van der Waals surface area contributed by atoms with Crippen LogP contribution in [0.5, 0.6) is 5.75 Å². The van der Waals surface area contributed by atoms with Gasteiger partial charge in [0.15, 0.2) is 9.84 Å². The number of amides is 2. The van der Waals surface area contributed by atoms with Crippen LogP contribution in [0.15, 0.2) is 71.8 Å². The van der Waals surface area contributed by atoms with Crippen LogP contribution < -0.4 is 26.4 Å². The van der Waals surface area contributed by atoms with Crippen molar-refractivity contribution in [3.63, 3.8) is 0 Å². The van der Waals surface area contributed by atoms with Gasteiger partial charge in [-0.3, -0.25) is 9.59 Å². The van der Waals surface area contributed by atoms with Crippen molar-refractivity contribution < 1.29 is 50.2 Å². The van der Waals surface area contributed by atoms with Crippen LogP contribution in [0.4, 0.5) is 34.8 Å². The normalized spacial score (nSPS) is 11.9. The second-order valence-electron chi connectivity index (χ2n) is 10.0. The van der Waals surface area contributed by atoms with Crippen LogP contribution in [0, 0.1) is 5.82 Å². The second-order valence-corrected chi connectivity index (χ2v) is 12.3. The largest absolute Gasteiger partial charge is 0.497 e.